The minimum atomic E-state index is 0.0789. The molecule has 0 heterocycles. The second kappa shape index (κ2) is 8.04. The van der Waals surface area contributed by atoms with Crippen LogP contribution in [0.15, 0.2) is 60.7 Å². The first-order valence-corrected chi connectivity index (χ1v) is 7.94. The lowest BCUT2D eigenvalue weighted by molar-refractivity contribution is 0.777. The zero-order chi connectivity index (χ0) is 14.2. The molecule has 0 spiro atoms. The van der Waals surface area contributed by atoms with Gasteiger partial charge in [0.1, 0.15) is 4.32 Å². The molecule has 20 heavy (non-hydrogen) atoms. The highest BCUT2D eigenvalue weighted by Crippen LogP contribution is 2.22. The van der Waals surface area contributed by atoms with Gasteiger partial charge in [-0.15, -0.1) is 0 Å². The van der Waals surface area contributed by atoms with Crippen molar-refractivity contribution in [2.24, 2.45) is 5.73 Å². The fraction of sp³-hybridized carbons (Fsp3) is 0.188. The summed E-state index contributed by atoms with van der Waals surface area (Å²) in [5.74, 6) is 0.835. The Morgan fingerprint density at radius 1 is 1.00 bits per heavy atom. The van der Waals surface area contributed by atoms with E-state index in [2.05, 4.69) is 29.6 Å². The number of hydrogen-bond acceptors (Lipinski definition) is 3. The second-order valence-corrected chi connectivity index (χ2v) is 6.10. The van der Waals surface area contributed by atoms with E-state index in [1.807, 2.05) is 36.4 Å². The minimum absolute atomic E-state index is 0.0789. The van der Waals surface area contributed by atoms with Gasteiger partial charge in [0.15, 0.2) is 0 Å². The van der Waals surface area contributed by atoms with Gasteiger partial charge in [0.2, 0.25) is 0 Å². The smallest absolute Gasteiger partial charge is 0.134 e. The second-order valence-electron chi connectivity index (χ2n) is 4.32. The molecule has 3 N–H and O–H groups in total. The molecule has 2 aromatic rings. The molecule has 0 saturated heterocycles. The molecular weight excluding hydrogens is 284 g/mol. The van der Waals surface area contributed by atoms with Crippen LogP contribution in [0.5, 0.6) is 0 Å². The number of thiocarbonyl (C=S) groups is 1. The molecule has 0 fully saturated rings. The maximum absolute atomic E-state index is 5.52. The molecule has 0 aromatic heterocycles. The van der Waals surface area contributed by atoms with Crippen molar-refractivity contribution in [1.82, 2.24) is 5.32 Å². The molecule has 0 aliphatic heterocycles. The average Bonchev–Trinajstić information content (AvgIpc) is 2.52. The van der Waals surface area contributed by atoms with Gasteiger partial charge in [0.05, 0.1) is 6.04 Å². The van der Waals surface area contributed by atoms with E-state index in [-0.39, 0.29) is 6.04 Å². The summed E-state index contributed by atoms with van der Waals surface area (Å²) in [6.07, 6.45) is 0. The largest absolute Gasteiger partial charge is 0.360 e. The molecule has 4 heteroatoms. The lowest BCUT2D eigenvalue weighted by Crippen LogP contribution is -2.26. The van der Waals surface area contributed by atoms with E-state index in [1.54, 1.807) is 11.8 Å². The molecule has 104 valence electrons. The van der Waals surface area contributed by atoms with E-state index < -0.39 is 0 Å². The van der Waals surface area contributed by atoms with E-state index >= 15 is 0 Å². The zero-order valence-electron chi connectivity index (χ0n) is 11.2. The van der Waals surface area contributed by atoms with Crippen molar-refractivity contribution in [3.8, 4) is 0 Å². The molecule has 0 radical (unpaired) electrons. The highest BCUT2D eigenvalue weighted by molar-refractivity contribution is 8.22. The third-order valence-electron chi connectivity index (χ3n) is 2.88. The quantitative estimate of drug-likeness (QED) is 0.831. The van der Waals surface area contributed by atoms with Gasteiger partial charge in [-0.1, -0.05) is 84.6 Å². The van der Waals surface area contributed by atoms with Gasteiger partial charge in [0.25, 0.3) is 0 Å². The van der Waals surface area contributed by atoms with Crippen LogP contribution in [0.3, 0.4) is 0 Å². The molecule has 0 atom stereocenters. The number of nitrogens with two attached hydrogens (primary N) is 1. The molecule has 0 aliphatic carbocycles. The third-order valence-corrected chi connectivity index (χ3v) is 4.17. The van der Waals surface area contributed by atoms with Crippen molar-refractivity contribution in [3.63, 3.8) is 0 Å². The summed E-state index contributed by atoms with van der Waals surface area (Å²) in [4.78, 5) is 0. The maximum Gasteiger partial charge on any atom is 0.134 e. The van der Waals surface area contributed by atoms with E-state index in [9.17, 15) is 0 Å². The van der Waals surface area contributed by atoms with Crippen LogP contribution in [-0.4, -0.2) is 16.6 Å². The lowest BCUT2D eigenvalue weighted by Gasteiger charge is -2.21. The summed E-state index contributed by atoms with van der Waals surface area (Å²) in [7, 11) is 0. The van der Waals surface area contributed by atoms with Gasteiger partial charge < -0.3 is 11.1 Å². The number of hydrogen-bond donors (Lipinski definition) is 2. The zero-order valence-corrected chi connectivity index (χ0v) is 12.8. The maximum atomic E-state index is 5.52. The normalized spacial score (nSPS) is 10.5. The summed E-state index contributed by atoms with van der Waals surface area (Å²) < 4.78 is 0.785. The van der Waals surface area contributed by atoms with E-state index in [0.29, 0.717) is 6.54 Å². The number of thioether (sulfide) groups is 1. The predicted octanol–water partition coefficient (Wildman–Crippen LogP) is 3.34. The molecule has 0 aliphatic rings. The van der Waals surface area contributed by atoms with Crippen LogP contribution in [0.2, 0.25) is 0 Å². The van der Waals surface area contributed by atoms with E-state index in [0.717, 1.165) is 10.1 Å². The van der Waals surface area contributed by atoms with Crippen LogP contribution >= 0.6 is 24.0 Å². The molecule has 0 amide bonds. The fourth-order valence-corrected chi connectivity index (χ4v) is 2.83. The van der Waals surface area contributed by atoms with Crippen molar-refractivity contribution in [1.29, 1.82) is 0 Å². The van der Waals surface area contributed by atoms with Gasteiger partial charge in [-0.3, -0.25) is 0 Å². The third kappa shape index (κ3) is 4.34. The molecule has 0 saturated carbocycles. The van der Waals surface area contributed by atoms with Gasteiger partial charge in [-0.05, 0) is 11.1 Å². The highest BCUT2D eigenvalue weighted by Gasteiger charge is 2.14. The summed E-state index contributed by atoms with van der Waals surface area (Å²) in [6, 6.07) is 20.7. The number of rotatable bonds is 5. The first kappa shape index (κ1) is 15.0. The van der Waals surface area contributed by atoms with Crippen LogP contribution in [0.4, 0.5) is 0 Å². The van der Waals surface area contributed by atoms with Crippen LogP contribution < -0.4 is 11.1 Å². The average molecular weight is 302 g/mol. The van der Waals surface area contributed by atoms with Crippen molar-refractivity contribution in [2.45, 2.75) is 6.04 Å². The first-order valence-electron chi connectivity index (χ1n) is 6.54. The number of nitrogens with one attached hydrogen (secondary N) is 1. The van der Waals surface area contributed by atoms with Crippen LogP contribution in [0.1, 0.15) is 17.2 Å². The van der Waals surface area contributed by atoms with Crippen molar-refractivity contribution in [3.05, 3.63) is 71.8 Å². The molecule has 0 unspecified atom stereocenters. The topological polar surface area (TPSA) is 38.0 Å². The Morgan fingerprint density at radius 3 is 1.95 bits per heavy atom. The molecule has 2 rings (SSSR count). The van der Waals surface area contributed by atoms with Crippen molar-refractivity contribution >= 4 is 28.3 Å². The minimum Gasteiger partial charge on any atom is -0.360 e. The van der Waals surface area contributed by atoms with Gasteiger partial charge in [-0.2, -0.15) is 0 Å². The molecular formula is C16H18N2S2. The standard InChI is InChI=1S/C16H18N2S2/c17-11-12-20-16(19)18-15(13-7-3-1-4-8-13)14-9-5-2-6-10-14/h1-10,15H,11-12,17H2,(H,18,19). The summed E-state index contributed by atoms with van der Waals surface area (Å²) in [5, 5.41) is 3.42. The Bertz CT molecular complexity index is 489. The Balaban J connectivity index is 2.19. The summed E-state index contributed by atoms with van der Waals surface area (Å²) in [6.45, 7) is 0.633. The van der Waals surface area contributed by atoms with Gasteiger partial charge >= 0.3 is 0 Å². The van der Waals surface area contributed by atoms with Crippen molar-refractivity contribution < 1.29 is 0 Å². The van der Waals surface area contributed by atoms with Crippen LogP contribution in [0, 0.1) is 0 Å². The Hall–Kier alpha value is -1.36. The van der Waals surface area contributed by atoms with Gasteiger partial charge in [-0.25, -0.2) is 0 Å². The predicted molar refractivity (Wildman–Crippen MR) is 92.0 cm³/mol. The van der Waals surface area contributed by atoms with Crippen LogP contribution in [0.25, 0.3) is 0 Å². The SMILES string of the molecule is NCCSC(=S)NC(c1ccccc1)c1ccccc1. The fourth-order valence-electron chi connectivity index (χ4n) is 1.96. The molecule has 2 aromatic carbocycles. The van der Waals surface area contributed by atoms with Crippen LogP contribution in [-0.2, 0) is 0 Å². The van der Waals surface area contributed by atoms with E-state index in [4.69, 9.17) is 18.0 Å². The first-order chi connectivity index (χ1) is 9.81. The van der Waals surface area contributed by atoms with Crippen molar-refractivity contribution in [2.75, 3.05) is 12.3 Å². The highest BCUT2D eigenvalue weighted by atomic mass is 32.2. The number of benzene rings is 2. The summed E-state index contributed by atoms with van der Waals surface area (Å²) in [5.41, 5.74) is 7.93. The molecule has 0 bridgehead atoms. The Morgan fingerprint density at radius 2 is 1.50 bits per heavy atom. The van der Waals surface area contributed by atoms with Gasteiger partial charge in [0, 0.05) is 12.3 Å². The lowest BCUT2D eigenvalue weighted by atomic mass is 9.99. The monoisotopic (exact) mass is 302 g/mol. The Kier molecular flexibility index (Phi) is 6.05. The molecule has 2 nitrogen and oxygen atoms in total. The Labute approximate surface area is 129 Å². The van der Waals surface area contributed by atoms with E-state index in [1.165, 1.54) is 11.1 Å². The summed E-state index contributed by atoms with van der Waals surface area (Å²) >= 11 is 6.98.